The van der Waals surface area contributed by atoms with Gasteiger partial charge in [-0.2, -0.15) is 9.61 Å². The van der Waals surface area contributed by atoms with E-state index in [-0.39, 0.29) is 24.6 Å². The molecule has 182 valence electrons. The van der Waals surface area contributed by atoms with Crippen LogP contribution in [-0.4, -0.2) is 73.7 Å². The second kappa shape index (κ2) is 8.58. The van der Waals surface area contributed by atoms with E-state index in [1.165, 1.54) is 6.20 Å². The van der Waals surface area contributed by atoms with Crippen molar-refractivity contribution >= 4 is 28.4 Å². The number of hydrogen-bond donors (Lipinski definition) is 3. The van der Waals surface area contributed by atoms with Gasteiger partial charge in [0.05, 0.1) is 36.7 Å². The zero-order chi connectivity index (χ0) is 24.1. The van der Waals surface area contributed by atoms with Crippen molar-refractivity contribution in [3.8, 4) is 11.3 Å². The summed E-state index contributed by atoms with van der Waals surface area (Å²) in [5, 5.41) is 21.0. The van der Waals surface area contributed by atoms with Gasteiger partial charge >= 0.3 is 0 Å². The van der Waals surface area contributed by atoms with Gasteiger partial charge in [-0.05, 0) is 31.4 Å². The van der Waals surface area contributed by atoms with Gasteiger partial charge in [-0.15, -0.1) is 0 Å². The van der Waals surface area contributed by atoms with Crippen LogP contribution in [0.25, 0.3) is 27.9 Å². The normalized spacial score (nSPS) is 24.4. The molecule has 3 N–H and O–H groups in total. The number of aliphatic hydroxyl groups excluding tert-OH is 1. The highest BCUT2D eigenvalue weighted by atomic mass is 19.1. The highest BCUT2D eigenvalue weighted by molar-refractivity contribution is 6.01. The van der Waals surface area contributed by atoms with Crippen LogP contribution in [0.4, 0.5) is 10.2 Å². The summed E-state index contributed by atoms with van der Waals surface area (Å²) in [5.74, 6) is 0.314. The second-order valence-electron chi connectivity index (χ2n) is 9.07. The number of nitrogens with zero attached hydrogens (tertiary/aromatic N) is 5. The Morgan fingerprint density at radius 3 is 2.91 bits per heavy atom. The lowest BCUT2D eigenvalue weighted by Crippen LogP contribution is -2.50. The summed E-state index contributed by atoms with van der Waals surface area (Å²) >= 11 is 0. The number of nitrogens with one attached hydrogen (secondary N) is 2. The Morgan fingerprint density at radius 2 is 2.17 bits per heavy atom. The molecule has 1 amide bonds. The molecular formula is C24H26FN7O3. The summed E-state index contributed by atoms with van der Waals surface area (Å²) in [7, 11) is 1.77. The number of aliphatic hydroxyl groups is 1. The summed E-state index contributed by atoms with van der Waals surface area (Å²) in [6, 6.07) is 4.98. The lowest BCUT2D eigenvalue weighted by atomic mass is 9.89. The summed E-state index contributed by atoms with van der Waals surface area (Å²) in [4.78, 5) is 22.3. The largest absolute Gasteiger partial charge is 0.391 e. The second-order valence-corrected chi connectivity index (χ2v) is 9.07. The van der Waals surface area contributed by atoms with Gasteiger partial charge in [0.1, 0.15) is 23.2 Å². The van der Waals surface area contributed by atoms with E-state index in [0.29, 0.717) is 47.8 Å². The third-order valence-electron chi connectivity index (χ3n) is 7.00. The van der Waals surface area contributed by atoms with Crippen molar-refractivity contribution in [2.75, 3.05) is 25.6 Å². The summed E-state index contributed by atoms with van der Waals surface area (Å²) in [6.07, 6.45) is 5.36. The van der Waals surface area contributed by atoms with Gasteiger partial charge in [-0.3, -0.25) is 4.79 Å². The highest BCUT2D eigenvalue weighted by Crippen LogP contribution is 2.35. The number of halogens is 1. The topological polar surface area (TPSA) is 119 Å². The molecule has 4 aromatic heterocycles. The van der Waals surface area contributed by atoms with Gasteiger partial charge in [-0.25, -0.2) is 14.4 Å². The molecule has 1 aliphatic carbocycles. The third kappa shape index (κ3) is 3.62. The minimum atomic E-state index is -1.13. The molecule has 2 fully saturated rings. The summed E-state index contributed by atoms with van der Waals surface area (Å²) < 4.78 is 23.5. The van der Waals surface area contributed by atoms with Crippen LogP contribution in [0, 0.1) is 0 Å². The number of alkyl halides is 1. The van der Waals surface area contributed by atoms with Crippen LogP contribution in [0.2, 0.25) is 0 Å². The van der Waals surface area contributed by atoms with Crippen LogP contribution in [0.5, 0.6) is 0 Å². The van der Waals surface area contributed by atoms with Crippen molar-refractivity contribution in [3.05, 3.63) is 42.4 Å². The minimum Gasteiger partial charge on any atom is -0.391 e. The van der Waals surface area contributed by atoms with Crippen LogP contribution in [-0.2, 0) is 4.74 Å². The Bertz CT molecular complexity index is 1420. The monoisotopic (exact) mass is 479 g/mol. The van der Waals surface area contributed by atoms with E-state index < -0.39 is 12.3 Å². The Balaban J connectivity index is 1.47. The van der Waals surface area contributed by atoms with Crippen molar-refractivity contribution in [2.45, 2.75) is 43.6 Å². The average Bonchev–Trinajstić information content (AvgIpc) is 3.48. The molecule has 4 aromatic rings. The fraction of sp³-hybridized carbons (Fsp3) is 0.417. The first kappa shape index (κ1) is 21.9. The number of fused-ring (bicyclic) bond motifs is 2. The van der Waals surface area contributed by atoms with Crippen LogP contribution >= 0.6 is 0 Å². The van der Waals surface area contributed by atoms with Crippen molar-refractivity contribution in [1.29, 1.82) is 0 Å². The number of anilines is 1. The number of pyridine rings is 1. The Kier molecular flexibility index (Phi) is 5.37. The maximum atomic E-state index is 14.8. The molecule has 1 unspecified atom stereocenters. The van der Waals surface area contributed by atoms with Gasteiger partial charge < -0.3 is 25.0 Å². The summed E-state index contributed by atoms with van der Waals surface area (Å²) in [5.41, 5.74) is 2.78. The molecule has 1 saturated carbocycles. The first-order valence-corrected chi connectivity index (χ1v) is 11.8. The highest BCUT2D eigenvalue weighted by Gasteiger charge is 2.32. The maximum absolute atomic E-state index is 14.8. The zero-order valence-corrected chi connectivity index (χ0v) is 19.2. The van der Waals surface area contributed by atoms with Crippen LogP contribution < -0.4 is 10.6 Å². The van der Waals surface area contributed by atoms with E-state index >= 15 is 0 Å². The molecule has 0 aromatic carbocycles. The number of ether oxygens (including phenoxy) is 1. The first-order chi connectivity index (χ1) is 17.0. The molecule has 5 heterocycles. The van der Waals surface area contributed by atoms with Gasteiger partial charge in [0.15, 0.2) is 5.65 Å². The van der Waals surface area contributed by atoms with Crippen molar-refractivity contribution < 1.29 is 19.0 Å². The van der Waals surface area contributed by atoms with E-state index in [1.54, 1.807) is 17.8 Å². The van der Waals surface area contributed by atoms with Crippen molar-refractivity contribution in [2.24, 2.45) is 0 Å². The zero-order valence-electron chi connectivity index (χ0n) is 19.2. The number of rotatable bonds is 5. The van der Waals surface area contributed by atoms with Crippen LogP contribution in [0.15, 0.2) is 36.8 Å². The SMILES string of the molecule is CNc1cc(-c2cn([C@@H]3CCOC[C@H]3F)c3ncccc23)nc2c(C(=O)NC3CC[C@H]3O)cnn12. The number of hydrogen-bond acceptors (Lipinski definition) is 7. The lowest BCUT2D eigenvalue weighted by molar-refractivity contribution is 0.00443. The van der Waals surface area contributed by atoms with E-state index in [1.807, 2.05) is 29.0 Å². The van der Waals surface area contributed by atoms with Crippen LogP contribution in [0.1, 0.15) is 35.7 Å². The van der Waals surface area contributed by atoms with E-state index in [9.17, 15) is 14.3 Å². The van der Waals surface area contributed by atoms with Gasteiger partial charge in [-0.1, -0.05) is 0 Å². The standard InChI is InChI=1S/C24H26FN7O3/c1-26-21-9-18(29-23-14(10-28-32(21)23)24(34)30-17-4-5-20(17)33)15-11-31(19-6-8-35-12-16(19)25)22-13(15)3-2-7-27-22/h2-3,7,9-11,16-17,19-20,26,33H,4-6,8,12H2,1H3,(H,30,34)/t16-,17?,19-,20-/m1/s1. The lowest BCUT2D eigenvalue weighted by Gasteiger charge is -2.32. The van der Waals surface area contributed by atoms with E-state index in [2.05, 4.69) is 20.7 Å². The average molecular weight is 480 g/mol. The Hall–Kier alpha value is -3.57. The van der Waals surface area contributed by atoms with E-state index in [4.69, 9.17) is 9.72 Å². The number of carbonyl (C=O) groups excluding carboxylic acids is 1. The fourth-order valence-corrected chi connectivity index (χ4v) is 4.88. The number of carbonyl (C=O) groups is 1. The molecular weight excluding hydrogens is 453 g/mol. The maximum Gasteiger partial charge on any atom is 0.257 e. The van der Waals surface area contributed by atoms with Gasteiger partial charge in [0.2, 0.25) is 0 Å². The molecule has 1 saturated heterocycles. The van der Waals surface area contributed by atoms with Gasteiger partial charge in [0.25, 0.3) is 5.91 Å². The van der Waals surface area contributed by atoms with Gasteiger partial charge in [0, 0.05) is 43.1 Å². The predicted molar refractivity (Wildman–Crippen MR) is 127 cm³/mol. The quantitative estimate of drug-likeness (QED) is 0.402. The first-order valence-electron chi connectivity index (χ1n) is 11.8. The fourth-order valence-electron chi connectivity index (χ4n) is 4.88. The molecule has 4 atom stereocenters. The van der Waals surface area contributed by atoms with Crippen molar-refractivity contribution in [1.82, 2.24) is 29.5 Å². The molecule has 6 rings (SSSR count). The number of amides is 1. The minimum absolute atomic E-state index is 0.0601. The molecule has 1 aliphatic heterocycles. The molecule has 0 radical (unpaired) electrons. The third-order valence-corrected chi connectivity index (χ3v) is 7.00. The molecule has 11 heteroatoms. The van der Waals surface area contributed by atoms with E-state index in [0.717, 1.165) is 17.4 Å². The number of aromatic nitrogens is 5. The van der Waals surface area contributed by atoms with Crippen LogP contribution in [0.3, 0.4) is 0 Å². The molecule has 0 bridgehead atoms. The smallest absolute Gasteiger partial charge is 0.257 e. The van der Waals surface area contributed by atoms with Crippen molar-refractivity contribution in [3.63, 3.8) is 0 Å². The predicted octanol–water partition coefficient (Wildman–Crippen LogP) is 2.34. The Morgan fingerprint density at radius 1 is 1.29 bits per heavy atom. The molecule has 35 heavy (non-hydrogen) atoms. The molecule has 0 spiro atoms. The molecule has 10 nitrogen and oxygen atoms in total. The molecule has 2 aliphatic rings. The summed E-state index contributed by atoms with van der Waals surface area (Å²) in [6.45, 7) is 0.551. The Labute approximate surface area is 200 Å².